The number of rotatable bonds is 4. The van der Waals surface area contributed by atoms with Crippen molar-refractivity contribution in [2.75, 3.05) is 38.6 Å². The van der Waals surface area contributed by atoms with E-state index in [1.165, 1.54) is 0 Å². The third kappa shape index (κ3) is 3.73. The lowest BCUT2D eigenvalue weighted by Crippen LogP contribution is -2.42. The van der Waals surface area contributed by atoms with Gasteiger partial charge in [0.15, 0.2) is 0 Å². The van der Waals surface area contributed by atoms with Gasteiger partial charge in [-0.05, 0) is 49.5 Å². The number of nitrogens with zero attached hydrogens (tertiary/aromatic N) is 1. The first-order valence-electron chi connectivity index (χ1n) is 7.26. The lowest BCUT2D eigenvalue weighted by atomic mass is 9.81. The highest BCUT2D eigenvalue weighted by molar-refractivity contribution is 5.95. The van der Waals surface area contributed by atoms with E-state index >= 15 is 0 Å². The number of hydrogen-bond acceptors (Lipinski definition) is 3. The Bertz CT molecular complexity index is 465. The normalized spacial score (nSPS) is 17.6. The van der Waals surface area contributed by atoms with Gasteiger partial charge in [-0.1, -0.05) is 13.0 Å². The minimum atomic E-state index is 0.0217. The Morgan fingerprint density at radius 1 is 1.35 bits per heavy atom. The Kier molecular flexibility index (Phi) is 4.65. The predicted molar refractivity (Wildman–Crippen MR) is 83.3 cm³/mol. The first-order valence-corrected chi connectivity index (χ1v) is 7.26. The van der Waals surface area contributed by atoms with Crippen LogP contribution in [0.3, 0.4) is 0 Å². The molecule has 110 valence electrons. The summed E-state index contributed by atoms with van der Waals surface area (Å²) in [6.45, 7) is 5.09. The van der Waals surface area contributed by atoms with E-state index in [0.717, 1.165) is 43.7 Å². The zero-order valence-electron chi connectivity index (χ0n) is 12.7. The fourth-order valence-electron chi connectivity index (χ4n) is 2.53. The van der Waals surface area contributed by atoms with Crippen LogP contribution >= 0.6 is 0 Å². The molecule has 0 aromatic heterocycles. The molecule has 1 aliphatic rings. The van der Waals surface area contributed by atoms with Crippen LogP contribution in [0.1, 0.15) is 30.1 Å². The summed E-state index contributed by atoms with van der Waals surface area (Å²) in [4.78, 5) is 14.3. The second kappa shape index (κ2) is 6.27. The summed E-state index contributed by atoms with van der Waals surface area (Å²) in [5.74, 6) is 0.0217. The van der Waals surface area contributed by atoms with Crippen molar-refractivity contribution in [3.63, 3.8) is 0 Å². The lowest BCUT2D eigenvalue weighted by Gasteiger charge is -2.34. The molecule has 0 radical (unpaired) electrons. The Labute approximate surface area is 121 Å². The van der Waals surface area contributed by atoms with Gasteiger partial charge in [0.1, 0.15) is 0 Å². The minimum absolute atomic E-state index is 0.0217. The van der Waals surface area contributed by atoms with E-state index in [1.807, 2.05) is 43.3 Å². The molecular weight excluding hydrogens is 250 g/mol. The second-order valence-corrected chi connectivity index (χ2v) is 6.19. The molecule has 1 aliphatic heterocycles. The molecule has 2 rings (SSSR count). The van der Waals surface area contributed by atoms with Gasteiger partial charge in [0.05, 0.1) is 0 Å². The molecule has 1 saturated heterocycles. The maximum atomic E-state index is 12.3. The fourth-order valence-corrected chi connectivity index (χ4v) is 2.53. The largest absolute Gasteiger partial charge is 0.378 e. The van der Waals surface area contributed by atoms with Gasteiger partial charge in [-0.3, -0.25) is 4.79 Å². The molecule has 2 N–H and O–H groups in total. The van der Waals surface area contributed by atoms with E-state index < -0.39 is 0 Å². The van der Waals surface area contributed by atoms with Crippen LogP contribution < -0.4 is 15.5 Å². The van der Waals surface area contributed by atoms with E-state index in [0.29, 0.717) is 0 Å². The van der Waals surface area contributed by atoms with Gasteiger partial charge in [-0.2, -0.15) is 0 Å². The zero-order valence-corrected chi connectivity index (χ0v) is 12.7. The Balaban J connectivity index is 1.96. The van der Waals surface area contributed by atoms with E-state index in [9.17, 15) is 4.79 Å². The highest BCUT2D eigenvalue weighted by Gasteiger charge is 2.27. The number of anilines is 1. The molecule has 1 fully saturated rings. The average molecular weight is 275 g/mol. The quantitative estimate of drug-likeness (QED) is 0.882. The SMILES string of the molecule is CN(C)c1cccc(C(=O)NCC2(C)CCNCC2)c1. The summed E-state index contributed by atoms with van der Waals surface area (Å²) in [6, 6.07) is 7.73. The molecule has 4 heteroatoms. The molecule has 1 aromatic carbocycles. The standard InChI is InChI=1S/C16H25N3O/c1-16(7-9-17-10-8-16)12-18-15(20)13-5-4-6-14(11-13)19(2)3/h4-6,11,17H,7-10,12H2,1-3H3,(H,18,20). The molecule has 0 aliphatic carbocycles. The van der Waals surface area contributed by atoms with Crippen molar-refractivity contribution in [1.29, 1.82) is 0 Å². The molecule has 0 spiro atoms. The Morgan fingerprint density at radius 3 is 2.70 bits per heavy atom. The monoisotopic (exact) mass is 275 g/mol. The van der Waals surface area contributed by atoms with E-state index in [1.54, 1.807) is 0 Å². The average Bonchev–Trinajstić information content (AvgIpc) is 2.46. The van der Waals surface area contributed by atoms with Crippen molar-refractivity contribution in [1.82, 2.24) is 10.6 Å². The van der Waals surface area contributed by atoms with Crippen molar-refractivity contribution in [3.8, 4) is 0 Å². The van der Waals surface area contributed by atoms with Crippen molar-refractivity contribution >= 4 is 11.6 Å². The maximum absolute atomic E-state index is 12.3. The molecule has 0 unspecified atom stereocenters. The topological polar surface area (TPSA) is 44.4 Å². The summed E-state index contributed by atoms with van der Waals surface area (Å²) in [7, 11) is 3.96. The van der Waals surface area contributed by atoms with E-state index in [2.05, 4.69) is 17.6 Å². The predicted octanol–water partition coefficient (Wildman–Crippen LogP) is 1.87. The molecule has 0 saturated carbocycles. The van der Waals surface area contributed by atoms with Crippen molar-refractivity contribution in [3.05, 3.63) is 29.8 Å². The summed E-state index contributed by atoms with van der Waals surface area (Å²) in [6.07, 6.45) is 2.23. The van der Waals surface area contributed by atoms with Crippen LogP contribution in [0.15, 0.2) is 24.3 Å². The highest BCUT2D eigenvalue weighted by atomic mass is 16.1. The number of amides is 1. The van der Waals surface area contributed by atoms with Crippen LogP contribution in [0, 0.1) is 5.41 Å². The van der Waals surface area contributed by atoms with Crippen LogP contribution in [-0.4, -0.2) is 39.6 Å². The van der Waals surface area contributed by atoms with Gasteiger partial charge in [0.25, 0.3) is 5.91 Å². The highest BCUT2D eigenvalue weighted by Crippen LogP contribution is 2.26. The van der Waals surface area contributed by atoms with Crippen LogP contribution in [-0.2, 0) is 0 Å². The van der Waals surface area contributed by atoms with Crippen LogP contribution in [0.25, 0.3) is 0 Å². The molecule has 1 amide bonds. The van der Waals surface area contributed by atoms with Crippen molar-refractivity contribution < 1.29 is 4.79 Å². The molecule has 4 nitrogen and oxygen atoms in total. The smallest absolute Gasteiger partial charge is 0.251 e. The molecule has 1 heterocycles. The first kappa shape index (κ1) is 14.9. The zero-order chi connectivity index (χ0) is 14.6. The summed E-state index contributed by atoms with van der Waals surface area (Å²) in [5.41, 5.74) is 2.00. The van der Waals surface area contributed by atoms with Crippen LogP contribution in [0.5, 0.6) is 0 Å². The van der Waals surface area contributed by atoms with Crippen LogP contribution in [0.2, 0.25) is 0 Å². The minimum Gasteiger partial charge on any atom is -0.378 e. The van der Waals surface area contributed by atoms with E-state index in [4.69, 9.17) is 0 Å². The summed E-state index contributed by atoms with van der Waals surface area (Å²) < 4.78 is 0. The molecule has 0 bridgehead atoms. The van der Waals surface area contributed by atoms with Gasteiger partial charge in [-0.25, -0.2) is 0 Å². The number of nitrogens with one attached hydrogen (secondary N) is 2. The number of hydrogen-bond donors (Lipinski definition) is 2. The summed E-state index contributed by atoms with van der Waals surface area (Å²) >= 11 is 0. The molecule has 20 heavy (non-hydrogen) atoms. The van der Waals surface area contributed by atoms with Gasteiger partial charge in [0.2, 0.25) is 0 Å². The lowest BCUT2D eigenvalue weighted by molar-refractivity contribution is 0.0922. The van der Waals surface area contributed by atoms with Gasteiger partial charge >= 0.3 is 0 Å². The number of carbonyl (C=O) groups is 1. The number of piperidine rings is 1. The maximum Gasteiger partial charge on any atom is 0.251 e. The summed E-state index contributed by atoms with van der Waals surface area (Å²) in [5, 5.41) is 6.45. The molecular formula is C16H25N3O. The number of carbonyl (C=O) groups excluding carboxylic acids is 1. The van der Waals surface area contributed by atoms with Gasteiger partial charge in [-0.15, -0.1) is 0 Å². The molecule has 0 atom stereocenters. The van der Waals surface area contributed by atoms with Gasteiger partial charge in [0, 0.05) is 31.9 Å². The first-order chi connectivity index (χ1) is 9.50. The van der Waals surface area contributed by atoms with Gasteiger partial charge < -0.3 is 15.5 Å². The van der Waals surface area contributed by atoms with Crippen LogP contribution in [0.4, 0.5) is 5.69 Å². The van der Waals surface area contributed by atoms with E-state index in [-0.39, 0.29) is 11.3 Å². The fraction of sp³-hybridized carbons (Fsp3) is 0.562. The molecule has 1 aromatic rings. The van der Waals surface area contributed by atoms with Crippen molar-refractivity contribution in [2.45, 2.75) is 19.8 Å². The Hall–Kier alpha value is -1.55. The Morgan fingerprint density at radius 2 is 2.05 bits per heavy atom. The van der Waals surface area contributed by atoms with Crippen molar-refractivity contribution in [2.24, 2.45) is 5.41 Å². The number of benzene rings is 1. The third-order valence-corrected chi connectivity index (χ3v) is 4.11. The second-order valence-electron chi connectivity index (χ2n) is 6.19. The third-order valence-electron chi connectivity index (χ3n) is 4.11.